The second kappa shape index (κ2) is 21.4. The van der Waals surface area contributed by atoms with Crippen LogP contribution in [-0.4, -0.2) is 56.0 Å². The summed E-state index contributed by atoms with van der Waals surface area (Å²) < 4.78 is 144. The van der Waals surface area contributed by atoms with Gasteiger partial charge in [0.05, 0.1) is 0 Å². The van der Waals surface area contributed by atoms with Gasteiger partial charge in [0.1, 0.15) is 0 Å². The molecule has 0 bridgehead atoms. The molecule has 0 saturated carbocycles. The summed E-state index contributed by atoms with van der Waals surface area (Å²) in [5, 5.41) is 0. The summed E-state index contributed by atoms with van der Waals surface area (Å²) in [6.45, 7) is 8.03. The minimum absolute atomic E-state index is 0.178. The fourth-order valence-electron chi connectivity index (χ4n) is 7.73. The van der Waals surface area contributed by atoms with Gasteiger partial charge in [-0.05, 0) is 0 Å². The molecular weight excluding hydrogens is 695 g/mol. The molecule has 14 heteroatoms. The molecule has 3 unspecified atom stereocenters. The molecule has 0 aromatic carbocycles. The van der Waals surface area contributed by atoms with E-state index in [0.717, 1.165) is 38.5 Å². The van der Waals surface area contributed by atoms with Crippen molar-refractivity contribution in [3.8, 4) is 0 Å². The Morgan fingerprint density at radius 2 is 0.771 bits per heavy atom. The van der Waals surface area contributed by atoms with Crippen LogP contribution >= 0.6 is 6.75 Å². The van der Waals surface area contributed by atoms with E-state index in [2.05, 4.69) is 0 Å². The van der Waals surface area contributed by atoms with Crippen LogP contribution in [0.15, 0.2) is 0 Å². The third kappa shape index (κ3) is 13.1. The van der Waals surface area contributed by atoms with E-state index in [-0.39, 0.29) is 31.1 Å². The molecule has 0 aliphatic rings. The van der Waals surface area contributed by atoms with E-state index in [1.165, 1.54) is 0 Å². The molecule has 0 aliphatic carbocycles. The molecule has 5 nitrogen and oxygen atoms in total. The molecule has 0 rings (SSSR count). The van der Waals surface area contributed by atoms with Crippen molar-refractivity contribution in [1.82, 2.24) is 3.48 Å². The van der Waals surface area contributed by atoms with E-state index in [1.54, 1.807) is 0 Å². The minimum atomic E-state index is -6.99. The Labute approximate surface area is 290 Å². The number of unbranched alkanes of at least 4 members (excludes halogenated alkanes) is 8. The van der Waals surface area contributed by atoms with Crippen molar-refractivity contribution < 1.29 is 43.2 Å². The Hall–Kier alpha value is -0.130. The van der Waals surface area contributed by atoms with Crippen LogP contribution in [-0.2, 0) is 20.0 Å². The standard InChI is InChI=1S/C34H68F6NO4PS2/c1-8-15-19-20-21-22-26-46(27-30(12-5)23-16-9-2,28-31(13-6)24-17-10-3,29-32(14-7)25-18-11-4)41(47(42,43)33(35,36)37)48(44,45)34(38,39)40/h30-32H,8-29H2,1-7H3. The van der Waals surface area contributed by atoms with Gasteiger partial charge < -0.3 is 0 Å². The third-order valence-electron chi connectivity index (χ3n) is 10.4. The van der Waals surface area contributed by atoms with Gasteiger partial charge in [-0.1, -0.05) is 0 Å². The van der Waals surface area contributed by atoms with E-state index < -0.39 is 59.1 Å². The van der Waals surface area contributed by atoms with Crippen LogP contribution < -0.4 is 0 Å². The third-order valence-corrected chi connectivity index (χ3v) is 24.3. The Balaban J connectivity index is 8.62. The molecular formula is C34H68F6NO4PS2. The molecule has 0 heterocycles. The van der Waals surface area contributed by atoms with Gasteiger partial charge in [0.2, 0.25) is 0 Å². The van der Waals surface area contributed by atoms with Gasteiger partial charge in [-0.2, -0.15) is 0 Å². The Morgan fingerprint density at radius 3 is 1.04 bits per heavy atom. The normalized spacial score (nSPS) is 16.5. The average molecular weight is 764 g/mol. The maximum absolute atomic E-state index is 14.9. The summed E-state index contributed by atoms with van der Waals surface area (Å²) >= 11 is 0. The van der Waals surface area contributed by atoms with Crippen LogP contribution in [0.1, 0.15) is 164 Å². The zero-order chi connectivity index (χ0) is 37.3. The van der Waals surface area contributed by atoms with Crippen LogP contribution in [0.4, 0.5) is 26.3 Å². The fourth-order valence-corrected chi connectivity index (χ4v) is 24.6. The molecule has 0 radical (unpaired) electrons. The van der Waals surface area contributed by atoms with Crippen molar-refractivity contribution >= 4 is 26.8 Å². The molecule has 0 aromatic rings. The van der Waals surface area contributed by atoms with Crippen molar-refractivity contribution in [2.24, 2.45) is 17.8 Å². The first-order valence-corrected chi connectivity index (χ1v) is 24.5. The van der Waals surface area contributed by atoms with Crippen molar-refractivity contribution in [2.75, 3.05) is 24.6 Å². The first kappa shape index (κ1) is 47.9. The fraction of sp³-hybridized carbons (Fsp3) is 1.00. The predicted molar refractivity (Wildman–Crippen MR) is 191 cm³/mol. The number of hydrogen-bond donors (Lipinski definition) is 0. The van der Waals surface area contributed by atoms with Crippen LogP contribution in [0.25, 0.3) is 0 Å². The number of alkyl halides is 6. The number of rotatable bonds is 28. The summed E-state index contributed by atoms with van der Waals surface area (Å²) in [4.78, 5) is 0. The SMILES string of the molecule is CCCCCCCCP(CC(CC)CCCC)(CC(CC)CCCC)(CC(CC)CCCC)N(S(=O)(=O)C(F)(F)F)S(=O)(=O)C(F)(F)F. The average Bonchev–Trinajstić information content (AvgIpc) is 3.00. The Morgan fingerprint density at radius 1 is 0.479 bits per heavy atom. The monoisotopic (exact) mass is 763 g/mol. The Bertz CT molecular complexity index is 1010. The maximum atomic E-state index is 14.9. The van der Waals surface area contributed by atoms with Gasteiger partial charge in [-0.3, -0.25) is 0 Å². The number of sulfonamides is 2. The summed E-state index contributed by atoms with van der Waals surface area (Å²) in [7, 11) is -14.0. The molecule has 292 valence electrons. The van der Waals surface area contributed by atoms with E-state index in [4.69, 9.17) is 0 Å². The number of halogens is 6. The second-order valence-corrected chi connectivity index (χ2v) is 24.4. The second-order valence-electron chi connectivity index (χ2n) is 14.3. The summed E-state index contributed by atoms with van der Waals surface area (Å²) in [6, 6.07) is 0. The number of nitrogens with zero attached hydrogens (tertiary/aromatic N) is 1. The van der Waals surface area contributed by atoms with Crippen LogP contribution in [0.5, 0.6) is 0 Å². The van der Waals surface area contributed by atoms with Crippen molar-refractivity contribution in [1.29, 1.82) is 0 Å². The van der Waals surface area contributed by atoms with Gasteiger partial charge in [-0.25, -0.2) is 0 Å². The van der Waals surface area contributed by atoms with Gasteiger partial charge in [0.15, 0.2) is 0 Å². The molecule has 0 aliphatic heterocycles. The molecule has 0 fully saturated rings. The van der Waals surface area contributed by atoms with Crippen molar-refractivity contribution in [2.45, 2.75) is 175 Å². The first-order valence-electron chi connectivity index (χ1n) is 18.7. The number of hydrogen-bond acceptors (Lipinski definition) is 4. The molecule has 0 saturated heterocycles. The van der Waals surface area contributed by atoms with Crippen LogP contribution in [0, 0.1) is 17.8 Å². The van der Waals surface area contributed by atoms with Gasteiger partial charge in [0, 0.05) is 0 Å². The van der Waals surface area contributed by atoms with Gasteiger partial charge in [-0.15, -0.1) is 0 Å². The summed E-state index contributed by atoms with van der Waals surface area (Å²) in [5.74, 6) is -1.28. The van der Waals surface area contributed by atoms with E-state index in [0.29, 0.717) is 70.6 Å². The Kier molecular flexibility index (Phi) is 21.4. The van der Waals surface area contributed by atoms with Crippen molar-refractivity contribution in [3.05, 3.63) is 0 Å². The topological polar surface area (TPSA) is 71.5 Å². The predicted octanol–water partition coefficient (Wildman–Crippen LogP) is 12.5. The van der Waals surface area contributed by atoms with E-state index in [9.17, 15) is 43.2 Å². The van der Waals surface area contributed by atoms with Crippen LogP contribution in [0.2, 0.25) is 0 Å². The molecule has 0 aromatic heterocycles. The van der Waals surface area contributed by atoms with E-state index in [1.807, 2.05) is 48.5 Å². The molecule has 48 heavy (non-hydrogen) atoms. The zero-order valence-corrected chi connectivity index (χ0v) is 33.4. The quantitative estimate of drug-likeness (QED) is 0.0452. The first-order chi connectivity index (χ1) is 22.2. The van der Waals surface area contributed by atoms with Gasteiger partial charge >= 0.3 is 291 Å². The molecule has 3 atom stereocenters. The zero-order valence-electron chi connectivity index (χ0n) is 30.9. The molecule has 0 spiro atoms. The van der Waals surface area contributed by atoms with Crippen molar-refractivity contribution in [3.63, 3.8) is 0 Å². The van der Waals surface area contributed by atoms with E-state index >= 15 is 0 Å². The summed E-state index contributed by atoms with van der Waals surface area (Å²) in [6.07, 6.45) is 9.83. The van der Waals surface area contributed by atoms with Crippen LogP contribution in [0.3, 0.4) is 0 Å². The molecule has 0 amide bonds. The summed E-state index contributed by atoms with van der Waals surface area (Å²) in [5.41, 5.74) is -12.5. The van der Waals surface area contributed by atoms with Gasteiger partial charge in [0.25, 0.3) is 0 Å². The molecule has 0 N–H and O–H groups in total.